The first-order chi connectivity index (χ1) is 9.33. The Kier molecular flexibility index (Phi) is 5.75. The number of hydrogen-bond acceptors (Lipinski definition) is 5. The monoisotopic (exact) mass is 266 g/mol. The molecule has 6 heteroatoms. The third kappa shape index (κ3) is 4.26. The molecule has 0 atom stereocenters. The molecule has 2 heterocycles. The van der Waals surface area contributed by atoms with Crippen molar-refractivity contribution in [3.63, 3.8) is 0 Å². The Morgan fingerprint density at radius 3 is 2.58 bits per heavy atom. The molecule has 1 fully saturated rings. The van der Waals surface area contributed by atoms with Gasteiger partial charge < -0.3 is 10.6 Å². The predicted molar refractivity (Wildman–Crippen MR) is 75.7 cm³/mol. The highest BCUT2D eigenvalue weighted by molar-refractivity contribution is 4.86. The topological polar surface area (TPSA) is 63.2 Å². The number of nitrogens with two attached hydrogens (primary N) is 1. The molecule has 0 unspecified atom stereocenters. The van der Waals surface area contributed by atoms with Crippen molar-refractivity contribution in [1.29, 1.82) is 0 Å². The third-order valence-corrected chi connectivity index (χ3v) is 3.75. The number of rotatable bonds is 7. The lowest BCUT2D eigenvalue weighted by molar-refractivity contribution is 0.122. The van der Waals surface area contributed by atoms with Crippen LogP contribution >= 0.6 is 0 Å². The van der Waals surface area contributed by atoms with E-state index < -0.39 is 0 Å². The normalized spacial score (nSPS) is 18.0. The van der Waals surface area contributed by atoms with E-state index in [0.717, 1.165) is 58.1 Å². The zero-order valence-electron chi connectivity index (χ0n) is 12.0. The van der Waals surface area contributed by atoms with Gasteiger partial charge in [0.2, 0.25) is 0 Å². The van der Waals surface area contributed by atoms with E-state index in [-0.39, 0.29) is 0 Å². The fourth-order valence-electron chi connectivity index (χ4n) is 2.53. The number of aromatic nitrogens is 3. The summed E-state index contributed by atoms with van der Waals surface area (Å²) < 4.78 is 1.98. The highest BCUT2D eigenvalue weighted by Gasteiger charge is 2.18. The molecule has 2 N–H and O–H groups in total. The molecule has 0 spiro atoms. The number of piperazine rings is 1. The van der Waals surface area contributed by atoms with Crippen molar-refractivity contribution in [1.82, 2.24) is 24.6 Å². The molecule has 0 saturated carbocycles. The van der Waals surface area contributed by atoms with Gasteiger partial charge in [0, 0.05) is 32.7 Å². The van der Waals surface area contributed by atoms with E-state index in [0.29, 0.717) is 0 Å². The van der Waals surface area contributed by atoms with Crippen molar-refractivity contribution in [3.8, 4) is 0 Å². The Morgan fingerprint density at radius 1 is 1.16 bits per heavy atom. The number of aryl methyl sites for hydroxylation is 1. The van der Waals surface area contributed by atoms with Gasteiger partial charge in [-0.2, -0.15) is 5.10 Å². The lowest BCUT2D eigenvalue weighted by atomic mass is 10.2. The van der Waals surface area contributed by atoms with Crippen molar-refractivity contribution < 1.29 is 0 Å². The van der Waals surface area contributed by atoms with Gasteiger partial charge in [0.1, 0.15) is 12.2 Å². The van der Waals surface area contributed by atoms with Crippen LogP contribution in [0.5, 0.6) is 0 Å². The largest absolute Gasteiger partial charge is 0.330 e. The van der Waals surface area contributed by atoms with E-state index in [1.165, 1.54) is 13.0 Å². The van der Waals surface area contributed by atoms with E-state index in [1.807, 2.05) is 4.68 Å². The predicted octanol–water partition coefficient (Wildman–Crippen LogP) is 0.155. The summed E-state index contributed by atoms with van der Waals surface area (Å²) in [6.07, 6.45) is 4.02. The summed E-state index contributed by atoms with van der Waals surface area (Å²) in [5.74, 6) is 1.08. The van der Waals surface area contributed by atoms with Gasteiger partial charge in [-0.3, -0.25) is 4.90 Å². The van der Waals surface area contributed by atoms with Crippen LogP contribution in [0.25, 0.3) is 0 Å². The van der Waals surface area contributed by atoms with Crippen molar-refractivity contribution in [2.45, 2.75) is 32.9 Å². The molecule has 1 aromatic rings. The number of nitrogens with zero attached hydrogens (tertiary/aromatic N) is 5. The Bertz CT molecular complexity index is 356. The van der Waals surface area contributed by atoms with Gasteiger partial charge in [0.05, 0.1) is 6.54 Å². The van der Waals surface area contributed by atoms with E-state index >= 15 is 0 Å². The van der Waals surface area contributed by atoms with Gasteiger partial charge in [-0.25, -0.2) is 9.67 Å². The second-order valence-electron chi connectivity index (χ2n) is 5.11. The first-order valence-corrected chi connectivity index (χ1v) is 7.35. The summed E-state index contributed by atoms with van der Waals surface area (Å²) in [6, 6.07) is 0. The number of unbranched alkanes of at least 4 members (excludes halogenated alkanes) is 1. The van der Waals surface area contributed by atoms with Crippen LogP contribution in [0.15, 0.2) is 6.33 Å². The second-order valence-corrected chi connectivity index (χ2v) is 5.11. The van der Waals surface area contributed by atoms with Crippen LogP contribution in [0.1, 0.15) is 25.6 Å². The minimum absolute atomic E-state index is 0.812. The molecule has 0 aromatic carbocycles. The zero-order chi connectivity index (χ0) is 13.5. The molecule has 0 aliphatic carbocycles. The molecule has 6 nitrogen and oxygen atoms in total. The van der Waals surface area contributed by atoms with Gasteiger partial charge in [0.25, 0.3) is 0 Å². The highest BCUT2D eigenvalue weighted by atomic mass is 15.4. The van der Waals surface area contributed by atoms with Crippen molar-refractivity contribution in [3.05, 3.63) is 12.2 Å². The molecule has 2 rings (SSSR count). The molecule has 0 radical (unpaired) electrons. The van der Waals surface area contributed by atoms with Crippen molar-refractivity contribution >= 4 is 0 Å². The van der Waals surface area contributed by atoms with Gasteiger partial charge in [-0.05, 0) is 32.9 Å². The van der Waals surface area contributed by atoms with Gasteiger partial charge in [0.15, 0.2) is 0 Å². The Labute approximate surface area is 115 Å². The van der Waals surface area contributed by atoms with E-state index in [9.17, 15) is 0 Å². The highest BCUT2D eigenvalue weighted by Crippen LogP contribution is 2.07. The molecule has 1 aliphatic rings. The van der Waals surface area contributed by atoms with E-state index in [1.54, 1.807) is 6.33 Å². The summed E-state index contributed by atoms with van der Waals surface area (Å²) in [4.78, 5) is 9.35. The zero-order valence-corrected chi connectivity index (χ0v) is 12.0. The fourth-order valence-corrected chi connectivity index (χ4v) is 2.53. The van der Waals surface area contributed by atoms with Crippen LogP contribution < -0.4 is 5.73 Å². The summed E-state index contributed by atoms with van der Waals surface area (Å²) in [6.45, 7) is 10.5. The van der Waals surface area contributed by atoms with Crippen LogP contribution in [0.4, 0.5) is 0 Å². The second kappa shape index (κ2) is 7.57. The number of hydrogen-bond donors (Lipinski definition) is 1. The maximum atomic E-state index is 5.53. The maximum Gasteiger partial charge on any atom is 0.140 e. The average Bonchev–Trinajstić information content (AvgIpc) is 2.88. The van der Waals surface area contributed by atoms with Gasteiger partial charge in [-0.15, -0.1) is 0 Å². The molecular formula is C13H26N6. The Morgan fingerprint density at radius 2 is 1.89 bits per heavy atom. The molecule has 19 heavy (non-hydrogen) atoms. The molecule has 1 aliphatic heterocycles. The van der Waals surface area contributed by atoms with Crippen LogP contribution in [-0.2, 0) is 13.1 Å². The van der Waals surface area contributed by atoms with Crippen LogP contribution in [-0.4, -0.2) is 63.8 Å². The molecule has 0 bridgehead atoms. The summed E-state index contributed by atoms with van der Waals surface area (Å²) in [5, 5.41) is 4.22. The van der Waals surface area contributed by atoms with E-state index in [2.05, 4.69) is 26.8 Å². The van der Waals surface area contributed by atoms with Crippen molar-refractivity contribution in [2.75, 3.05) is 39.3 Å². The quantitative estimate of drug-likeness (QED) is 0.712. The SMILES string of the molecule is CCn1ncnc1CN1CCN(CCCCN)CC1. The van der Waals surface area contributed by atoms with Crippen LogP contribution in [0.2, 0.25) is 0 Å². The Balaban J connectivity index is 1.71. The Hall–Kier alpha value is -0.980. The molecule has 0 amide bonds. The average molecular weight is 266 g/mol. The van der Waals surface area contributed by atoms with Crippen molar-refractivity contribution in [2.24, 2.45) is 5.73 Å². The molecular weight excluding hydrogens is 240 g/mol. The first-order valence-electron chi connectivity index (χ1n) is 7.35. The summed E-state index contributed by atoms with van der Waals surface area (Å²) >= 11 is 0. The third-order valence-electron chi connectivity index (χ3n) is 3.75. The smallest absolute Gasteiger partial charge is 0.140 e. The molecule has 108 valence electrons. The minimum atomic E-state index is 0.812. The lowest BCUT2D eigenvalue weighted by Crippen LogP contribution is -2.46. The van der Waals surface area contributed by atoms with E-state index in [4.69, 9.17) is 5.73 Å². The van der Waals surface area contributed by atoms with Crippen LogP contribution in [0, 0.1) is 0 Å². The summed E-state index contributed by atoms with van der Waals surface area (Å²) in [5.41, 5.74) is 5.53. The lowest BCUT2D eigenvalue weighted by Gasteiger charge is -2.34. The molecule has 1 saturated heterocycles. The maximum absolute atomic E-state index is 5.53. The van der Waals surface area contributed by atoms with Gasteiger partial charge >= 0.3 is 0 Å². The standard InChI is InChI=1S/C13H26N6/c1-2-19-13(15-12-16-19)11-18-9-7-17(8-10-18)6-4-3-5-14/h12H,2-11,14H2,1H3. The first kappa shape index (κ1) is 14.4. The fraction of sp³-hybridized carbons (Fsp3) is 0.846. The molecule has 1 aromatic heterocycles. The minimum Gasteiger partial charge on any atom is -0.330 e. The van der Waals surface area contributed by atoms with Gasteiger partial charge in [-0.1, -0.05) is 0 Å². The van der Waals surface area contributed by atoms with Crippen LogP contribution in [0.3, 0.4) is 0 Å². The summed E-state index contributed by atoms with van der Waals surface area (Å²) in [7, 11) is 0.